The molecule has 0 atom stereocenters. The number of nitrogens with one attached hydrogen (secondary N) is 1. The Morgan fingerprint density at radius 3 is 2.20 bits per heavy atom. The summed E-state index contributed by atoms with van der Waals surface area (Å²) in [5.74, 6) is 0.401. The molecule has 4 heteroatoms. The number of ether oxygens (including phenoxy) is 1. The molecule has 2 rings (SSSR count). The molecule has 4 nitrogen and oxygen atoms in total. The molecular formula is C11H17NO3. The highest BCUT2D eigenvalue weighted by molar-refractivity contribution is 5.37. The van der Waals surface area contributed by atoms with E-state index in [0.29, 0.717) is 5.56 Å². The first kappa shape index (κ1) is 11.8. The van der Waals surface area contributed by atoms with Crippen molar-refractivity contribution in [2.24, 2.45) is 0 Å². The number of aryl methyl sites for hydroxylation is 1. The molecule has 0 saturated carbocycles. The van der Waals surface area contributed by atoms with Crippen LogP contribution < -0.4 is 5.32 Å². The normalized spacial score (nSPS) is 15.3. The molecule has 3 N–H and O–H groups in total. The lowest BCUT2D eigenvalue weighted by Crippen LogP contribution is -2.30. The number of benzene rings is 1. The summed E-state index contributed by atoms with van der Waals surface area (Å²) >= 11 is 0. The second kappa shape index (κ2) is 6.27. The highest BCUT2D eigenvalue weighted by Crippen LogP contribution is 2.19. The third kappa shape index (κ3) is 4.67. The van der Waals surface area contributed by atoms with Gasteiger partial charge < -0.3 is 20.3 Å². The first-order chi connectivity index (χ1) is 7.20. The molecule has 15 heavy (non-hydrogen) atoms. The Kier molecular flexibility index (Phi) is 4.93. The molecular weight excluding hydrogens is 194 g/mol. The van der Waals surface area contributed by atoms with Crippen LogP contribution in [-0.4, -0.2) is 36.5 Å². The van der Waals surface area contributed by atoms with E-state index in [2.05, 4.69) is 5.32 Å². The molecule has 0 unspecified atom stereocenters. The minimum absolute atomic E-state index is 0.185. The van der Waals surface area contributed by atoms with Gasteiger partial charge in [-0.3, -0.25) is 0 Å². The van der Waals surface area contributed by atoms with Gasteiger partial charge in [0.1, 0.15) is 11.5 Å². The Bertz CT molecular complexity index is 286. The van der Waals surface area contributed by atoms with E-state index in [-0.39, 0.29) is 11.5 Å². The van der Waals surface area contributed by atoms with E-state index in [1.54, 1.807) is 6.92 Å². The van der Waals surface area contributed by atoms with Crippen LogP contribution in [0.15, 0.2) is 18.2 Å². The number of hydrogen-bond acceptors (Lipinski definition) is 4. The van der Waals surface area contributed by atoms with Gasteiger partial charge >= 0.3 is 0 Å². The van der Waals surface area contributed by atoms with Crippen molar-refractivity contribution in [3.63, 3.8) is 0 Å². The average molecular weight is 211 g/mol. The van der Waals surface area contributed by atoms with Crippen molar-refractivity contribution in [1.29, 1.82) is 0 Å². The minimum atomic E-state index is 0.185. The van der Waals surface area contributed by atoms with Gasteiger partial charge in [-0.2, -0.15) is 0 Å². The van der Waals surface area contributed by atoms with Gasteiger partial charge in [0.15, 0.2) is 0 Å². The second-order valence-electron chi connectivity index (χ2n) is 3.33. The van der Waals surface area contributed by atoms with Gasteiger partial charge in [0, 0.05) is 13.1 Å². The number of aromatic hydroxyl groups is 2. The molecule has 84 valence electrons. The van der Waals surface area contributed by atoms with Crippen molar-refractivity contribution in [2.45, 2.75) is 6.92 Å². The first-order valence-corrected chi connectivity index (χ1v) is 4.97. The molecule has 1 fully saturated rings. The standard InChI is InChI=1S/C7H8O2.C4H9NO/c1-5-4-6(8)2-3-7(5)9;1-3-6-4-2-5-1/h2-4,8-9H,1H3;5H,1-4H2. The van der Waals surface area contributed by atoms with Gasteiger partial charge in [-0.25, -0.2) is 0 Å². The average Bonchev–Trinajstić information content (AvgIpc) is 2.27. The van der Waals surface area contributed by atoms with E-state index in [1.165, 1.54) is 18.2 Å². The predicted octanol–water partition coefficient (Wildman–Crippen LogP) is 1.01. The lowest BCUT2D eigenvalue weighted by Gasteiger charge is -2.10. The summed E-state index contributed by atoms with van der Waals surface area (Å²) < 4.78 is 5.01. The summed E-state index contributed by atoms with van der Waals surface area (Å²) in [6, 6.07) is 4.42. The minimum Gasteiger partial charge on any atom is -0.508 e. The number of phenols is 2. The van der Waals surface area contributed by atoms with Crippen molar-refractivity contribution in [3.8, 4) is 11.5 Å². The van der Waals surface area contributed by atoms with Crippen LogP contribution in [-0.2, 0) is 4.74 Å². The Morgan fingerprint density at radius 2 is 1.87 bits per heavy atom. The summed E-state index contributed by atoms with van der Waals surface area (Å²) in [7, 11) is 0. The maximum absolute atomic E-state index is 8.93. The van der Waals surface area contributed by atoms with Crippen molar-refractivity contribution < 1.29 is 14.9 Å². The quantitative estimate of drug-likeness (QED) is 0.560. The topological polar surface area (TPSA) is 61.7 Å². The van der Waals surface area contributed by atoms with Gasteiger partial charge in [0.2, 0.25) is 0 Å². The molecule has 1 aromatic rings. The zero-order chi connectivity index (χ0) is 11.1. The lowest BCUT2D eigenvalue weighted by molar-refractivity contribution is 0.109. The van der Waals surface area contributed by atoms with Crippen molar-refractivity contribution >= 4 is 0 Å². The van der Waals surface area contributed by atoms with Crippen LogP contribution in [0.3, 0.4) is 0 Å². The van der Waals surface area contributed by atoms with Crippen LogP contribution in [0.5, 0.6) is 11.5 Å². The van der Waals surface area contributed by atoms with E-state index in [0.717, 1.165) is 26.3 Å². The SMILES string of the molecule is C1COCCN1.Cc1cc(O)ccc1O. The Balaban J connectivity index is 0.000000162. The fourth-order valence-corrected chi connectivity index (χ4v) is 1.16. The number of rotatable bonds is 0. The molecule has 1 aliphatic rings. The molecule has 0 bridgehead atoms. The van der Waals surface area contributed by atoms with Crippen molar-refractivity contribution in [2.75, 3.05) is 26.3 Å². The second-order valence-corrected chi connectivity index (χ2v) is 3.33. The van der Waals surface area contributed by atoms with Crippen LogP contribution in [0.25, 0.3) is 0 Å². The van der Waals surface area contributed by atoms with E-state index < -0.39 is 0 Å². The molecule has 1 heterocycles. The smallest absolute Gasteiger partial charge is 0.118 e. The van der Waals surface area contributed by atoms with Crippen LogP contribution in [0, 0.1) is 6.92 Å². The molecule has 0 radical (unpaired) electrons. The highest BCUT2D eigenvalue weighted by atomic mass is 16.5. The monoisotopic (exact) mass is 211 g/mol. The largest absolute Gasteiger partial charge is 0.508 e. The summed E-state index contributed by atoms with van der Waals surface area (Å²) in [5.41, 5.74) is 0.690. The molecule has 1 aromatic carbocycles. The van der Waals surface area contributed by atoms with Crippen molar-refractivity contribution in [1.82, 2.24) is 5.32 Å². The van der Waals surface area contributed by atoms with Crippen molar-refractivity contribution in [3.05, 3.63) is 23.8 Å². The predicted molar refractivity (Wildman–Crippen MR) is 58.2 cm³/mol. The van der Waals surface area contributed by atoms with Gasteiger partial charge in [0.25, 0.3) is 0 Å². The molecule has 0 aromatic heterocycles. The highest BCUT2D eigenvalue weighted by Gasteiger charge is 1.93. The Hall–Kier alpha value is -1.26. The maximum Gasteiger partial charge on any atom is 0.118 e. The van der Waals surface area contributed by atoms with Crippen LogP contribution in [0.1, 0.15) is 5.56 Å². The van der Waals surface area contributed by atoms with Crippen LogP contribution >= 0.6 is 0 Å². The number of phenolic OH excluding ortho intramolecular Hbond substituents is 2. The van der Waals surface area contributed by atoms with Crippen LogP contribution in [0.4, 0.5) is 0 Å². The van der Waals surface area contributed by atoms with E-state index in [1.807, 2.05) is 0 Å². The first-order valence-electron chi connectivity index (χ1n) is 4.97. The zero-order valence-electron chi connectivity index (χ0n) is 8.86. The molecule has 0 spiro atoms. The van der Waals surface area contributed by atoms with Crippen LogP contribution in [0.2, 0.25) is 0 Å². The molecule has 0 amide bonds. The third-order valence-corrected chi connectivity index (χ3v) is 2.03. The number of morpholine rings is 1. The van der Waals surface area contributed by atoms with Gasteiger partial charge in [0.05, 0.1) is 13.2 Å². The molecule has 1 aliphatic heterocycles. The van der Waals surface area contributed by atoms with Gasteiger partial charge in [-0.05, 0) is 30.7 Å². The fourth-order valence-electron chi connectivity index (χ4n) is 1.16. The van der Waals surface area contributed by atoms with Gasteiger partial charge in [-0.15, -0.1) is 0 Å². The third-order valence-electron chi connectivity index (χ3n) is 2.03. The number of hydrogen-bond donors (Lipinski definition) is 3. The van der Waals surface area contributed by atoms with Gasteiger partial charge in [-0.1, -0.05) is 0 Å². The summed E-state index contributed by atoms with van der Waals surface area (Å²) in [6.07, 6.45) is 0. The van der Waals surface area contributed by atoms with E-state index >= 15 is 0 Å². The van der Waals surface area contributed by atoms with E-state index in [4.69, 9.17) is 14.9 Å². The maximum atomic E-state index is 8.93. The molecule has 1 saturated heterocycles. The molecule has 0 aliphatic carbocycles. The summed E-state index contributed by atoms with van der Waals surface area (Å²) in [6.45, 7) is 5.56. The fraction of sp³-hybridized carbons (Fsp3) is 0.455. The Morgan fingerprint density at radius 1 is 1.20 bits per heavy atom. The van der Waals surface area contributed by atoms with E-state index in [9.17, 15) is 0 Å². The lowest BCUT2D eigenvalue weighted by atomic mass is 10.2. The zero-order valence-corrected chi connectivity index (χ0v) is 8.86. The summed E-state index contributed by atoms with van der Waals surface area (Å²) in [5, 5.41) is 20.9. The Labute approximate surface area is 89.5 Å². The summed E-state index contributed by atoms with van der Waals surface area (Å²) in [4.78, 5) is 0.